The number of hydrogen-bond acceptors (Lipinski definition) is 4. The SMILES string of the molecule is Cc1nn(-c2cccc(C=Cc3ccc(Cl)cc3)c2)c(C)c1C(=O)N1CCC(N2CCCC(O)C2)CC1. The molecule has 0 aliphatic carbocycles. The molecule has 0 saturated carbocycles. The Morgan fingerprint density at radius 3 is 2.46 bits per heavy atom. The van der Waals surface area contributed by atoms with Crippen LogP contribution in [0.2, 0.25) is 5.02 Å². The number of aliphatic hydroxyl groups excluding tert-OH is 1. The summed E-state index contributed by atoms with van der Waals surface area (Å²) >= 11 is 5.99. The monoisotopic (exact) mass is 518 g/mol. The summed E-state index contributed by atoms with van der Waals surface area (Å²) in [6.45, 7) is 7.19. The van der Waals surface area contributed by atoms with Crippen LogP contribution in [0, 0.1) is 13.8 Å². The van der Waals surface area contributed by atoms with Gasteiger partial charge in [-0.15, -0.1) is 0 Å². The normalized spacial score (nSPS) is 19.6. The molecule has 2 aliphatic heterocycles. The van der Waals surface area contributed by atoms with Gasteiger partial charge in [-0.2, -0.15) is 5.10 Å². The summed E-state index contributed by atoms with van der Waals surface area (Å²) in [6, 6.07) is 16.4. The number of halogens is 1. The van der Waals surface area contributed by atoms with E-state index in [4.69, 9.17) is 16.7 Å². The number of aliphatic hydroxyl groups is 1. The molecule has 37 heavy (non-hydrogen) atoms. The number of benzene rings is 2. The van der Waals surface area contributed by atoms with Gasteiger partial charge in [-0.05, 0) is 81.5 Å². The molecule has 6 nitrogen and oxygen atoms in total. The van der Waals surface area contributed by atoms with Crippen LogP contribution >= 0.6 is 11.6 Å². The highest BCUT2D eigenvalue weighted by Gasteiger charge is 2.31. The van der Waals surface area contributed by atoms with Gasteiger partial charge in [0.1, 0.15) is 0 Å². The van der Waals surface area contributed by atoms with Gasteiger partial charge in [-0.25, -0.2) is 4.68 Å². The van der Waals surface area contributed by atoms with E-state index in [0.717, 1.165) is 85.1 Å². The summed E-state index contributed by atoms with van der Waals surface area (Å²) < 4.78 is 1.88. The van der Waals surface area contributed by atoms with Gasteiger partial charge in [-0.1, -0.05) is 48.0 Å². The largest absolute Gasteiger partial charge is 0.392 e. The molecule has 1 unspecified atom stereocenters. The maximum atomic E-state index is 13.6. The second kappa shape index (κ2) is 11.2. The minimum atomic E-state index is -0.212. The van der Waals surface area contributed by atoms with Crippen molar-refractivity contribution in [3.63, 3.8) is 0 Å². The molecule has 1 aromatic heterocycles. The van der Waals surface area contributed by atoms with E-state index < -0.39 is 0 Å². The van der Waals surface area contributed by atoms with Crippen LogP contribution in [0.25, 0.3) is 17.8 Å². The summed E-state index contributed by atoms with van der Waals surface area (Å²) in [7, 11) is 0. The number of nitrogens with zero attached hydrogens (tertiary/aromatic N) is 4. The maximum Gasteiger partial charge on any atom is 0.257 e. The minimum absolute atomic E-state index is 0.0668. The molecule has 3 aromatic rings. The molecule has 0 radical (unpaired) electrons. The first-order valence-corrected chi connectivity index (χ1v) is 13.6. The van der Waals surface area contributed by atoms with Gasteiger partial charge in [0.15, 0.2) is 0 Å². The van der Waals surface area contributed by atoms with Crippen molar-refractivity contribution in [3.8, 4) is 5.69 Å². The van der Waals surface area contributed by atoms with Crippen LogP contribution < -0.4 is 0 Å². The van der Waals surface area contributed by atoms with Crippen molar-refractivity contribution in [1.82, 2.24) is 19.6 Å². The lowest BCUT2D eigenvalue weighted by Gasteiger charge is -2.41. The van der Waals surface area contributed by atoms with Crippen LogP contribution in [-0.4, -0.2) is 68.9 Å². The van der Waals surface area contributed by atoms with Crippen molar-refractivity contribution >= 4 is 29.7 Å². The minimum Gasteiger partial charge on any atom is -0.392 e. The highest BCUT2D eigenvalue weighted by Crippen LogP contribution is 2.25. The smallest absolute Gasteiger partial charge is 0.257 e. The molecule has 1 atom stereocenters. The van der Waals surface area contributed by atoms with Crippen molar-refractivity contribution < 1.29 is 9.90 Å². The van der Waals surface area contributed by atoms with Crippen LogP contribution in [-0.2, 0) is 0 Å². The number of hydrogen-bond donors (Lipinski definition) is 1. The Labute approximate surface area is 224 Å². The summed E-state index contributed by atoms with van der Waals surface area (Å²) in [6.07, 6.45) is 7.76. The predicted molar refractivity (Wildman–Crippen MR) is 149 cm³/mol. The topological polar surface area (TPSA) is 61.6 Å². The maximum absolute atomic E-state index is 13.6. The van der Waals surface area contributed by atoms with Gasteiger partial charge in [0.25, 0.3) is 5.91 Å². The van der Waals surface area contributed by atoms with Crippen molar-refractivity contribution in [2.75, 3.05) is 26.2 Å². The molecule has 0 bridgehead atoms. The molecule has 5 rings (SSSR count). The van der Waals surface area contributed by atoms with E-state index in [-0.39, 0.29) is 12.0 Å². The van der Waals surface area contributed by atoms with E-state index >= 15 is 0 Å². The first-order chi connectivity index (χ1) is 17.9. The summed E-state index contributed by atoms with van der Waals surface area (Å²) in [5, 5.41) is 15.5. The number of β-amino-alcohol motifs (C(OH)–C–C–N with tert-alkyl or cyclic N) is 1. The first-order valence-electron chi connectivity index (χ1n) is 13.2. The van der Waals surface area contributed by atoms with Gasteiger partial charge in [0, 0.05) is 30.7 Å². The Morgan fingerprint density at radius 1 is 1.00 bits per heavy atom. The zero-order chi connectivity index (χ0) is 25.9. The van der Waals surface area contributed by atoms with Gasteiger partial charge in [-0.3, -0.25) is 9.69 Å². The molecule has 2 aromatic carbocycles. The summed E-state index contributed by atoms with van der Waals surface area (Å²) in [5.74, 6) is 0.0668. The molecular formula is C30H35ClN4O2. The number of aryl methyl sites for hydroxylation is 1. The lowest BCUT2D eigenvalue weighted by Crippen LogP contribution is -2.50. The van der Waals surface area contributed by atoms with Gasteiger partial charge in [0.2, 0.25) is 0 Å². The second-order valence-corrected chi connectivity index (χ2v) is 10.7. The standard InChI is InChI=1S/C30H35ClN4O2/c1-21-29(30(37)33-17-14-26(15-18-33)34-16-4-7-28(36)20-34)22(2)35(32-21)27-6-3-5-24(19-27)9-8-23-10-12-25(31)13-11-23/h3,5-6,8-13,19,26,28,36H,4,7,14-18,20H2,1-2H3. The van der Waals surface area contributed by atoms with E-state index in [1.54, 1.807) is 0 Å². The second-order valence-electron chi connectivity index (χ2n) is 10.3. The number of rotatable bonds is 5. The molecule has 0 spiro atoms. The number of amides is 1. The third-order valence-electron chi connectivity index (χ3n) is 7.65. The Balaban J connectivity index is 1.29. The lowest BCUT2D eigenvalue weighted by molar-refractivity contribution is 0.0240. The van der Waals surface area contributed by atoms with E-state index in [9.17, 15) is 9.90 Å². The van der Waals surface area contributed by atoms with Crippen LogP contribution in [0.4, 0.5) is 0 Å². The molecule has 1 amide bonds. The van der Waals surface area contributed by atoms with Crippen molar-refractivity contribution in [2.45, 2.75) is 51.7 Å². The number of carbonyl (C=O) groups is 1. The number of likely N-dealkylation sites (tertiary alicyclic amines) is 2. The fraction of sp³-hybridized carbons (Fsp3) is 0.400. The van der Waals surface area contributed by atoms with E-state index in [2.05, 4.69) is 29.2 Å². The Hall–Kier alpha value is -2.93. The zero-order valence-electron chi connectivity index (χ0n) is 21.6. The Bertz CT molecular complexity index is 1280. The molecule has 2 saturated heterocycles. The van der Waals surface area contributed by atoms with Crippen LogP contribution in [0.5, 0.6) is 0 Å². The van der Waals surface area contributed by atoms with Gasteiger partial charge >= 0.3 is 0 Å². The molecule has 7 heteroatoms. The Morgan fingerprint density at radius 2 is 1.73 bits per heavy atom. The third-order valence-corrected chi connectivity index (χ3v) is 7.91. The zero-order valence-corrected chi connectivity index (χ0v) is 22.4. The molecule has 2 fully saturated rings. The molecule has 194 valence electrons. The van der Waals surface area contributed by atoms with E-state index in [0.29, 0.717) is 11.6 Å². The fourth-order valence-corrected chi connectivity index (χ4v) is 5.76. The highest BCUT2D eigenvalue weighted by molar-refractivity contribution is 6.30. The Kier molecular flexibility index (Phi) is 7.79. The molecule has 1 N–H and O–H groups in total. The van der Waals surface area contributed by atoms with Crippen molar-refractivity contribution in [1.29, 1.82) is 0 Å². The predicted octanol–water partition coefficient (Wildman–Crippen LogP) is 5.37. The molecular weight excluding hydrogens is 484 g/mol. The number of piperidine rings is 2. The van der Waals surface area contributed by atoms with E-state index in [1.807, 2.05) is 59.8 Å². The van der Waals surface area contributed by atoms with Crippen molar-refractivity contribution in [3.05, 3.63) is 81.6 Å². The van der Waals surface area contributed by atoms with Crippen LogP contribution in [0.15, 0.2) is 48.5 Å². The lowest BCUT2D eigenvalue weighted by atomic mass is 9.98. The van der Waals surface area contributed by atoms with Crippen molar-refractivity contribution in [2.24, 2.45) is 0 Å². The summed E-state index contributed by atoms with van der Waals surface area (Å²) in [5.41, 5.74) is 5.38. The first kappa shape index (κ1) is 25.7. The average Bonchev–Trinajstić information content (AvgIpc) is 3.21. The van der Waals surface area contributed by atoms with Crippen LogP contribution in [0.3, 0.4) is 0 Å². The average molecular weight is 519 g/mol. The van der Waals surface area contributed by atoms with Gasteiger partial charge in [0.05, 0.1) is 28.7 Å². The molecule has 2 aliphatic rings. The highest BCUT2D eigenvalue weighted by atomic mass is 35.5. The van der Waals surface area contributed by atoms with Crippen LogP contribution in [0.1, 0.15) is 58.6 Å². The van der Waals surface area contributed by atoms with E-state index in [1.165, 1.54) is 0 Å². The fourth-order valence-electron chi connectivity index (χ4n) is 5.64. The summed E-state index contributed by atoms with van der Waals surface area (Å²) in [4.78, 5) is 18.0. The third kappa shape index (κ3) is 5.82. The van der Waals surface area contributed by atoms with Gasteiger partial charge < -0.3 is 10.0 Å². The number of carbonyl (C=O) groups excluding carboxylic acids is 1. The quantitative estimate of drug-likeness (QED) is 0.461. The number of aromatic nitrogens is 2. The molecule has 3 heterocycles.